The average molecular weight is 315 g/mol. The van der Waals surface area contributed by atoms with Gasteiger partial charge < -0.3 is 15.8 Å². The van der Waals surface area contributed by atoms with Crippen molar-refractivity contribution in [3.8, 4) is 0 Å². The zero-order valence-electron chi connectivity index (χ0n) is 11.4. The van der Waals surface area contributed by atoms with Gasteiger partial charge in [0.25, 0.3) is 0 Å². The summed E-state index contributed by atoms with van der Waals surface area (Å²) in [5.74, 6) is 0.757. The molecule has 2 unspecified atom stereocenters. The molecule has 1 fully saturated rings. The maximum atomic E-state index is 11.9. The Morgan fingerprint density at radius 2 is 2.40 bits per heavy atom. The Morgan fingerprint density at radius 1 is 1.60 bits per heavy atom. The van der Waals surface area contributed by atoms with Gasteiger partial charge in [-0.2, -0.15) is 11.8 Å². The minimum Gasteiger partial charge on any atom is -0.399 e. The van der Waals surface area contributed by atoms with E-state index in [-0.39, 0.29) is 12.0 Å². The summed E-state index contributed by atoms with van der Waals surface area (Å²) in [5, 5.41) is 3.77. The van der Waals surface area contributed by atoms with Gasteiger partial charge in [0.1, 0.15) is 0 Å². The van der Waals surface area contributed by atoms with Crippen molar-refractivity contribution < 1.29 is 9.53 Å². The first-order chi connectivity index (χ1) is 9.56. The van der Waals surface area contributed by atoms with Crippen LogP contribution in [0.15, 0.2) is 18.2 Å². The molecule has 1 aliphatic heterocycles. The minimum absolute atomic E-state index is 0.0317. The molecule has 1 saturated heterocycles. The summed E-state index contributed by atoms with van der Waals surface area (Å²) < 4.78 is 5.49. The molecular weight excluding hydrogens is 296 g/mol. The van der Waals surface area contributed by atoms with Crippen LogP contribution < -0.4 is 11.1 Å². The summed E-state index contributed by atoms with van der Waals surface area (Å²) in [5.41, 5.74) is 6.80. The van der Waals surface area contributed by atoms with Crippen LogP contribution in [0.1, 0.15) is 19.8 Å². The predicted molar refractivity (Wildman–Crippen MR) is 85.4 cm³/mol. The normalized spacial score (nSPS) is 21.9. The Balaban J connectivity index is 1.75. The number of amides is 1. The number of carbonyl (C=O) groups excluding carboxylic acids is 1. The predicted octanol–water partition coefficient (Wildman–Crippen LogP) is 3.16. The number of nitrogens with one attached hydrogen (secondary N) is 1. The van der Waals surface area contributed by atoms with Crippen LogP contribution in [0.5, 0.6) is 0 Å². The van der Waals surface area contributed by atoms with Crippen molar-refractivity contribution in [3.63, 3.8) is 0 Å². The Morgan fingerprint density at radius 3 is 3.05 bits per heavy atom. The number of halogens is 1. The standard InChI is InChI=1S/C14H19ClN2O2S/c1-9-13(4-6-19-9)20-7-5-14(18)17-12-3-2-10(16)8-11(12)15/h2-3,8-9,13H,4-7,16H2,1H3,(H,17,18). The number of hydrogen-bond donors (Lipinski definition) is 2. The SMILES string of the molecule is CC1OCCC1SCCC(=O)Nc1ccc(N)cc1Cl. The molecule has 20 heavy (non-hydrogen) atoms. The first-order valence-corrected chi connectivity index (χ1v) is 8.07. The highest BCUT2D eigenvalue weighted by molar-refractivity contribution is 7.99. The van der Waals surface area contributed by atoms with Gasteiger partial charge in [-0.3, -0.25) is 4.79 Å². The molecule has 2 atom stereocenters. The third-order valence-electron chi connectivity index (χ3n) is 3.23. The second-order valence-corrected chi connectivity index (χ2v) is 6.57. The molecule has 6 heteroatoms. The fraction of sp³-hybridized carbons (Fsp3) is 0.500. The summed E-state index contributed by atoms with van der Waals surface area (Å²) in [6, 6.07) is 5.06. The summed E-state index contributed by atoms with van der Waals surface area (Å²) in [4.78, 5) is 11.9. The van der Waals surface area contributed by atoms with Gasteiger partial charge in [-0.05, 0) is 31.5 Å². The highest BCUT2D eigenvalue weighted by Crippen LogP contribution is 2.27. The van der Waals surface area contributed by atoms with Crippen molar-refractivity contribution in [2.75, 3.05) is 23.4 Å². The van der Waals surface area contributed by atoms with Crippen molar-refractivity contribution in [2.45, 2.75) is 31.1 Å². The van der Waals surface area contributed by atoms with E-state index in [0.717, 1.165) is 18.8 Å². The molecule has 0 aliphatic carbocycles. The molecule has 0 saturated carbocycles. The van der Waals surface area contributed by atoms with Crippen LogP contribution in [0.25, 0.3) is 0 Å². The van der Waals surface area contributed by atoms with Gasteiger partial charge >= 0.3 is 0 Å². The van der Waals surface area contributed by atoms with Crippen LogP contribution in [0.2, 0.25) is 5.02 Å². The lowest BCUT2D eigenvalue weighted by Gasteiger charge is -2.13. The van der Waals surface area contributed by atoms with Gasteiger partial charge in [-0.25, -0.2) is 0 Å². The second kappa shape index (κ2) is 7.20. The van der Waals surface area contributed by atoms with Crippen molar-refractivity contribution in [1.29, 1.82) is 0 Å². The Bertz CT molecular complexity index is 484. The number of hydrogen-bond acceptors (Lipinski definition) is 4. The lowest BCUT2D eigenvalue weighted by molar-refractivity contribution is -0.115. The molecule has 0 radical (unpaired) electrons. The van der Waals surface area contributed by atoms with E-state index in [2.05, 4.69) is 12.2 Å². The molecule has 1 aromatic rings. The van der Waals surface area contributed by atoms with Gasteiger partial charge in [0.05, 0.1) is 16.8 Å². The maximum Gasteiger partial charge on any atom is 0.225 e. The topological polar surface area (TPSA) is 64.3 Å². The van der Waals surface area contributed by atoms with Gasteiger partial charge in [-0.15, -0.1) is 0 Å². The van der Waals surface area contributed by atoms with Crippen LogP contribution in [0.3, 0.4) is 0 Å². The molecule has 4 nitrogen and oxygen atoms in total. The Hall–Kier alpha value is -0.910. The van der Waals surface area contributed by atoms with Crippen LogP contribution >= 0.6 is 23.4 Å². The summed E-state index contributed by atoms with van der Waals surface area (Å²) in [7, 11) is 0. The highest BCUT2D eigenvalue weighted by Gasteiger charge is 2.24. The molecule has 3 N–H and O–H groups in total. The number of ether oxygens (including phenoxy) is 1. The van der Waals surface area contributed by atoms with E-state index < -0.39 is 0 Å². The average Bonchev–Trinajstić information content (AvgIpc) is 2.79. The van der Waals surface area contributed by atoms with Crippen molar-refractivity contribution >= 4 is 40.6 Å². The molecule has 110 valence electrons. The van der Waals surface area contributed by atoms with Crippen molar-refractivity contribution in [1.82, 2.24) is 0 Å². The van der Waals surface area contributed by atoms with E-state index in [4.69, 9.17) is 22.1 Å². The molecule has 2 rings (SSSR count). The fourth-order valence-corrected chi connectivity index (χ4v) is 3.53. The van der Waals surface area contributed by atoms with Gasteiger partial charge in [0.15, 0.2) is 0 Å². The molecule has 1 aliphatic rings. The van der Waals surface area contributed by atoms with Crippen LogP contribution in [0.4, 0.5) is 11.4 Å². The number of thioether (sulfide) groups is 1. The van der Waals surface area contributed by atoms with E-state index in [1.54, 1.807) is 30.0 Å². The molecule has 1 aromatic carbocycles. The van der Waals surface area contributed by atoms with Gasteiger partial charge in [0, 0.05) is 29.7 Å². The number of carbonyl (C=O) groups is 1. The smallest absolute Gasteiger partial charge is 0.225 e. The molecule has 0 aromatic heterocycles. The molecule has 0 spiro atoms. The van der Waals surface area contributed by atoms with Crippen molar-refractivity contribution in [3.05, 3.63) is 23.2 Å². The number of benzene rings is 1. The first kappa shape index (κ1) is 15.5. The van der Waals surface area contributed by atoms with E-state index in [9.17, 15) is 4.79 Å². The van der Waals surface area contributed by atoms with Gasteiger partial charge in [-0.1, -0.05) is 11.6 Å². The quantitative estimate of drug-likeness (QED) is 0.819. The zero-order valence-corrected chi connectivity index (χ0v) is 13.0. The molecular formula is C14H19ClN2O2S. The largest absolute Gasteiger partial charge is 0.399 e. The second-order valence-electron chi connectivity index (χ2n) is 4.81. The molecule has 1 amide bonds. The highest BCUT2D eigenvalue weighted by atomic mass is 35.5. The Kier molecular flexibility index (Phi) is 5.57. The van der Waals surface area contributed by atoms with E-state index in [1.807, 2.05) is 0 Å². The monoisotopic (exact) mass is 314 g/mol. The van der Waals surface area contributed by atoms with Gasteiger partial charge in [0.2, 0.25) is 5.91 Å². The third kappa shape index (κ3) is 4.30. The van der Waals surface area contributed by atoms with E-state index >= 15 is 0 Å². The number of nitrogen functional groups attached to an aromatic ring is 1. The number of nitrogens with two attached hydrogens (primary N) is 1. The zero-order chi connectivity index (χ0) is 14.5. The van der Waals surface area contributed by atoms with Crippen LogP contribution in [0, 0.1) is 0 Å². The fourth-order valence-electron chi connectivity index (χ4n) is 2.08. The Labute approximate surface area is 128 Å². The lowest BCUT2D eigenvalue weighted by atomic mass is 10.2. The summed E-state index contributed by atoms with van der Waals surface area (Å²) in [6.45, 7) is 2.91. The maximum absolute atomic E-state index is 11.9. The minimum atomic E-state index is -0.0317. The lowest BCUT2D eigenvalue weighted by Crippen LogP contribution is -2.17. The van der Waals surface area contributed by atoms with Crippen LogP contribution in [-0.4, -0.2) is 29.6 Å². The third-order valence-corrected chi connectivity index (χ3v) is 5.03. The van der Waals surface area contributed by atoms with E-state index in [1.165, 1.54) is 0 Å². The number of rotatable bonds is 5. The van der Waals surface area contributed by atoms with Crippen LogP contribution in [-0.2, 0) is 9.53 Å². The summed E-state index contributed by atoms with van der Waals surface area (Å²) in [6.07, 6.45) is 1.82. The summed E-state index contributed by atoms with van der Waals surface area (Å²) >= 11 is 7.81. The molecule has 0 bridgehead atoms. The van der Waals surface area contributed by atoms with E-state index in [0.29, 0.717) is 28.1 Å². The van der Waals surface area contributed by atoms with Crippen molar-refractivity contribution in [2.24, 2.45) is 0 Å². The number of anilines is 2. The first-order valence-electron chi connectivity index (χ1n) is 6.64. The molecule has 1 heterocycles.